The van der Waals surface area contributed by atoms with Gasteiger partial charge in [-0.25, -0.2) is 9.36 Å². The number of amides is 1. The van der Waals surface area contributed by atoms with Crippen LogP contribution in [0.15, 0.2) is 26.8 Å². The quantitative estimate of drug-likeness (QED) is 0.753. The van der Waals surface area contributed by atoms with Crippen molar-refractivity contribution in [2.75, 3.05) is 13.1 Å². The molecule has 0 N–H and O–H groups in total. The summed E-state index contributed by atoms with van der Waals surface area (Å²) in [5.41, 5.74) is 0. The predicted molar refractivity (Wildman–Crippen MR) is 81.1 cm³/mol. The molecular weight excluding hydrogens is 318 g/mol. The number of hydrogen-bond donors (Lipinski definition) is 0. The molecule has 0 fully saturated rings. The topological polar surface area (TPSA) is 116 Å². The van der Waals surface area contributed by atoms with Crippen molar-refractivity contribution in [3.05, 3.63) is 28.1 Å². The minimum atomic E-state index is -0.720. The predicted octanol–water partition coefficient (Wildman–Crippen LogP) is 1.22. The molecule has 0 spiro atoms. The molecule has 0 saturated carbocycles. The van der Waals surface area contributed by atoms with Crippen LogP contribution < -0.4 is 5.76 Å². The van der Waals surface area contributed by atoms with Crippen LogP contribution in [0.3, 0.4) is 0 Å². The van der Waals surface area contributed by atoms with Gasteiger partial charge in [0.15, 0.2) is 5.82 Å². The molecule has 2 rings (SSSR count). The van der Waals surface area contributed by atoms with Gasteiger partial charge in [0.1, 0.15) is 6.54 Å². The van der Waals surface area contributed by atoms with Gasteiger partial charge in [0.2, 0.25) is 5.91 Å². The first-order valence-corrected chi connectivity index (χ1v) is 7.67. The normalized spacial score (nSPS) is 10.0. The second kappa shape index (κ2) is 7.92. The maximum Gasteiger partial charge on any atom is 0.442 e. The molecule has 0 aliphatic carbocycles. The summed E-state index contributed by atoms with van der Waals surface area (Å²) in [5.74, 6) is -0.792. The van der Waals surface area contributed by atoms with Crippen molar-refractivity contribution in [2.24, 2.45) is 0 Å². The summed E-state index contributed by atoms with van der Waals surface area (Å²) in [6.45, 7) is 0.184. The Labute approximate surface area is 135 Å². The first-order chi connectivity index (χ1) is 11.2. The van der Waals surface area contributed by atoms with Crippen LogP contribution in [-0.4, -0.2) is 33.6 Å². The molecule has 118 valence electrons. The zero-order chi connectivity index (χ0) is 16.7. The summed E-state index contributed by atoms with van der Waals surface area (Å²) in [7, 11) is 0. The lowest BCUT2D eigenvalue weighted by Crippen LogP contribution is -2.37. The molecule has 0 aliphatic rings. The van der Waals surface area contributed by atoms with Gasteiger partial charge >= 0.3 is 5.76 Å². The molecular formula is C14H13N5O3S. The maximum absolute atomic E-state index is 12.4. The number of carbonyl (C=O) groups excluding carboxylic acids is 1. The average molecular weight is 331 g/mol. The smallest absolute Gasteiger partial charge is 0.339 e. The number of thiophene rings is 1. The van der Waals surface area contributed by atoms with E-state index in [-0.39, 0.29) is 38.4 Å². The fourth-order valence-corrected chi connectivity index (χ4v) is 2.67. The van der Waals surface area contributed by atoms with E-state index in [0.717, 1.165) is 4.57 Å². The monoisotopic (exact) mass is 331 g/mol. The van der Waals surface area contributed by atoms with E-state index in [1.165, 1.54) is 16.2 Å². The van der Waals surface area contributed by atoms with Crippen LogP contribution in [0.4, 0.5) is 0 Å². The number of nitriles is 2. The number of hydrogen-bond acceptors (Lipinski definition) is 7. The maximum atomic E-state index is 12.4. The highest BCUT2D eigenvalue weighted by atomic mass is 32.1. The second-order valence-corrected chi connectivity index (χ2v) is 5.48. The number of nitrogens with zero attached hydrogens (tertiary/aromatic N) is 5. The van der Waals surface area contributed by atoms with Crippen LogP contribution in [0.2, 0.25) is 0 Å². The molecule has 9 heteroatoms. The highest BCUT2D eigenvalue weighted by Gasteiger charge is 2.20. The molecule has 0 bridgehead atoms. The van der Waals surface area contributed by atoms with Crippen LogP contribution in [0.25, 0.3) is 10.7 Å². The first-order valence-electron chi connectivity index (χ1n) is 6.79. The molecule has 1 amide bonds. The van der Waals surface area contributed by atoms with E-state index in [0.29, 0.717) is 10.7 Å². The molecule has 2 heterocycles. The lowest BCUT2D eigenvalue weighted by molar-refractivity contribution is -0.131. The van der Waals surface area contributed by atoms with Crippen molar-refractivity contribution >= 4 is 17.2 Å². The van der Waals surface area contributed by atoms with E-state index < -0.39 is 5.76 Å². The Balaban J connectivity index is 2.18. The lowest BCUT2D eigenvalue weighted by atomic mass is 10.3. The van der Waals surface area contributed by atoms with E-state index in [4.69, 9.17) is 10.5 Å². The van der Waals surface area contributed by atoms with Crippen LogP contribution in [0.1, 0.15) is 12.8 Å². The third kappa shape index (κ3) is 4.05. The fourth-order valence-electron chi connectivity index (χ4n) is 1.96. The second-order valence-electron chi connectivity index (χ2n) is 4.53. The van der Waals surface area contributed by atoms with Crippen molar-refractivity contribution in [1.82, 2.24) is 14.6 Å². The van der Waals surface area contributed by atoms with E-state index >= 15 is 0 Å². The molecule has 0 saturated heterocycles. The minimum absolute atomic E-state index is 0.160. The van der Waals surface area contributed by atoms with Crippen molar-refractivity contribution in [3.8, 4) is 22.8 Å². The van der Waals surface area contributed by atoms with E-state index in [1.54, 1.807) is 12.1 Å². The zero-order valence-electron chi connectivity index (χ0n) is 12.1. The molecule has 0 radical (unpaired) electrons. The van der Waals surface area contributed by atoms with Gasteiger partial charge in [0, 0.05) is 13.1 Å². The summed E-state index contributed by atoms with van der Waals surface area (Å²) in [6.07, 6.45) is 0.320. The third-order valence-corrected chi connectivity index (χ3v) is 3.93. The van der Waals surface area contributed by atoms with Crippen LogP contribution in [-0.2, 0) is 11.3 Å². The number of aromatic nitrogens is 2. The SMILES string of the molecule is N#CCCN(CCC#N)C(=O)Cn1c(-c2cccs2)noc1=O. The fraction of sp³-hybridized carbons (Fsp3) is 0.357. The van der Waals surface area contributed by atoms with Crippen molar-refractivity contribution in [3.63, 3.8) is 0 Å². The molecule has 0 atom stereocenters. The van der Waals surface area contributed by atoms with Crippen molar-refractivity contribution < 1.29 is 9.32 Å². The highest BCUT2D eigenvalue weighted by Crippen LogP contribution is 2.21. The van der Waals surface area contributed by atoms with Gasteiger partial charge in [-0.3, -0.25) is 9.32 Å². The van der Waals surface area contributed by atoms with Gasteiger partial charge < -0.3 is 4.90 Å². The largest absolute Gasteiger partial charge is 0.442 e. The summed E-state index contributed by atoms with van der Waals surface area (Å²) in [4.78, 5) is 26.3. The zero-order valence-corrected chi connectivity index (χ0v) is 13.0. The standard InChI is InChI=1S/C14H13N5O3S/c15-5-2-7-18(8-3-6-16)12(20)10-19-13(17-22-14(19)21)11-4-1-9-23-11/h1,4,9H,2-3,7-8,10H2. The summed E-state index contributed by atoms with van der Waals surface area (Å²) in [6, 6.07) is 7.49. The van der Waals surface area contributed by atoms with Crippen molar-refractivity contribution in [1.29, 1.82) is 10.5 Å². The Morgan fingerprint density at radius 1 is 1.35 bits per heavy atom. The van der Waals surface area contributed by atoms with Gasteiger partial charge in [-0.1, -0.05) is 11.2 Å². The Kier molecular flexibility index (Phi) is 5.67. The highest BCUT2D eigenvalue weighted by molar-refractivity contribution is 7.13. The molecule has 8 nitrogen and oxygen atoms in total. The van der Waals surface area contributed by atoms with Gasteiger partial charge in [0.25, 0.3) is 0 Å². The van der Waals surface area contributed by atoms with Crippen LogP contribution >= 0.6 is 11.3 Å². The molecule has 0 aliphatic heterocycles. The summed E-state index contributed by atoms with van der Waals surface area (Å²) < 4.78 is 5.80. The Morgan fingerprint density at radius 2 is 2.04 bits per heavy atom. The molecule has 2 aromatic rings. The summed E-state index contributed by atoms with van der Waals surface area (Å²) >= 11 is 1.37. The molecule has 0 aromatic carbocycles. The number of rotatable bonds is 7. The molecule has 2 aromatic heterocycles. The molecule has 23 heavy (non-hydrogen) atoms. The van der Waals surface area contributed by atoms with Crippen LogP contribution in [0, 0.1) is 22.7 Å². The number of carbonyl (C=O) groups is 1. The Morgan fingerprint density at radius 3 is 2.61 bits per heavy atom. The van der Waals surface area contributed by atoms with E-state index in [2.05, 4.69) is 9.68 Å². The minimum Gasteiger partial charge on any atom is -0.339 e. The summed E-state index contributed by atoms with van der Waals surface area (Å²) in [5, 5.41) is 22.9. The third-order valence-electron chi connectivity index (χ3n) is 3.06. The Bertz CT molecular complexity index is 776. The van der Waals surface area contributed by atoms with Gasteiger partial charge in [-0.15, -0.1) is 11.3 Å². The van der Waals surface area contributed by atoms with E-state index in [1.807, 2.05) is 17.5 Å². The van der Waals surface area contributed by atoms with Crippen molar-refractivity contribution in [2.45, 2.75) is 19.4 Å². The van der Waals surface area contributed by atoms with E-state index in [9.17, 15) is 9.59 Å². The first kappa shape index (κ1) is 16.5. The Hall–Kier alpha value is -2.91. The average Bonchev–Trinajstić information content (AvgIpc) is 3.18. The van der Waals surface area contributed by atoms with Gasteiger partial charge in [-0.05, 0) is 11.4 Å². The van der Waals surface area contributed by atoms with Crippen LogP contribution in [0.5, 0.6) is 0 Å². The van der Waals surface area contributed by atoms with Gasteiger partial charge in [-0.2, -0.15) is 10.5 Å². The lowest BCUT2D eigenvalue weighted by Gasteiger charge is -2.20. The van der Waals surface area contributed by atoms with Gasteiger partial charge in [0.05, 0.1) is 29.9 Å². The molecule has 0 unspecified atom stereocenters.